The maximum Gasteiger partial charge on any atom is 0.303 e. The minimum Gasteiger partial charge on any atom is -0.497 e. The van der Waals surface area contributed by atoms with Crippen LogP contribution in [0.2, 0.25) is 0 Å². The number of carboxylic acids is 1. The van der Waals surface area contributed by atoms with Gasteiger partial charge in [0.1, 0.15) is 18.2 Å². The van der Waals surface area contributed by atoms with Gasteiger partial charge in [0.2, 0.25) is 0 Å². The molecule has 6 heteroatoms. The van der Waals surface area contributed by atoms with Crippen LogP contribution in [0.1, 0.15) is 87.3 Å². The molecule has 0 aromatic heterocycles. The molecule has 0 saturated heterocycles. The fourth-order valence-corrected chi connectivity index (χ4v) is 6.45. The zero-order valence-corrected chi connectivity index (χ0v) is 23.5. The van der Waals surface area contributed by atoms with Crippen molar-refractivity contribution in [2.24, 2.45) is 11.3 Å². The SMILES string of the molecule is COc1ccc(F)c(-c2ccc(COc3cccc([C@@H](CC(=O)O)C4CC4)c3F)cc2[C@@H]2CCCCC2(C)C)c1. The van der Waals surface area contributed by atoms with Crippen molar-refractivity contribution in [2.45, 2.75) is 77.2 Å². The molecule has 3 aromatic rings. The molecular formula is C34H38F2O4. The Morgan fingerprint density at radius 1 is 1.02 bits per heavy atom. The summed E-state index contributed by atoms with van der Waals surface area (Å²) in [5.41, 5.74) is 3.75. The molecule has 2 aliphatic rings. The second-order valence-electron chi connectivity index (χ2n) is 12.0. The molecule has 4 nitrogen and oxygen atoms in total. The predicted octanol–water partition coefficient (Wildman–Crippen LogP) is 8.87. The number of ether oxygens (including phenoxy) is 2. The normalized spacial score (nSPS) is 19.2. The highest BCUT2D eigenvalue weighted by molar-refractivity contribution is 5.71. The van der Waals surface area contributed by atoms with Gasteiger partial charge in [0.15, 0.2) is 11.6 Å². The predicted molar refractivity (Wildman–Crippen MR) is 152 cm³/mol. The Kier molecular flexibility index (Phi) is 8.16. The third-order valence-corrected chi connectivity index (χ3v) is 8.83. The van der Waals surface area contributed by atoms with Crippen molar-refractivity contribution < 1.29 is 28.2 Å². The first-order valence-electron chi connectivity index (χ1n) is 14.3. The summed E-state index contributed by atoms with van der Waals surface area (Å²) in [6.07, 6.45) is 6.15. The van der Waals surface area contributed by atoms with Crippen LogP contribution in [0.5, 0.6) is 11.5 Å². The zero-order valence-electron chi connectivity index (χ0n) is 23.5. The summed E-state index contributed by atoms with van der Waals surface area (Å²) in [4.78, 5) is 11.4. The van der Waals surface area contributed by atoms with Gasteiger partial charge < -0.3 is 14.6 Å². The van der Waals surface area contributed by atoms with Crippen LogP contribution >= 0.6 is 0 Å². The number of carbonyl (C=O) groups is 1. The van der Waals surface area contributed by atoms with Gasteiger partial charge in [-0.3, -0.25) is 4.79 Å². The third kappa shape index (κ3) is 6.01. The second-order valence-corrected chi connectivity index (χ2v) is 12.0. The average molecular weight is 549 g/mol. The molecular weight excluding hydrogens is 510 g/mol. The molecule has 2 fully saturated rings. The first-order valence-corrected chi connectivity index (χ1v) is 14.3. The van der Waals surface area contributed by atoms with Crippen molar-refractivity contribution >= 4 is 5.97 Å². The highest BCUT2D eigenvalue weighted by atomic mass is 19.1. The molecule has 2 atom stereocenters. The number of halogens is 2. The summed E-state index contributed by atoms with van der Waals surface area (Å²) in [5.74, 6) is -0.901. The van der Waals surface area contributed by atoms with Crippen LogP contribution < -0.4 is 9.47 Å². The largest absolute Gasteiger partial charge is 0.497 e. The van der Waals surface area contributed by atoms with Gasteiger partial charge in [-0.15, -0.1) is 0 Å². The smallest absolute Gasteiger partial charge is 0.303 e. The van der Waals surface area contributed by atoms with Crippen molar-refractivity contribution in [1.29, 1.82) is 0 Å². The Balaban J connectivity index is 1.47. The van der Waals surface area contributed by atoms with Gasteiger partial charge in [0, 0.05) is 11.5 Å². The number of carboxylic acid groups (broad SMARTS) is 1. The van der Waals surface area contributed by atoms with Crippen LogP contribution in [-0.2, 0) is 11.4 Å². The Labute approximate surface area is 235 Å². The molecule has 212 valence electrons. The molecule has 3 aromatic carbocycles. The summed E-state index contributed by atoms with van der Waals surface area (Å²) in [7, 11) is 1.57. The fourth-order valence-electron chi connectivity index (χ4n) is 6.45. The quantitative estimate of drug-likeness (QED) is 0.275. The highest BCUT2D eigenvalue weighted by Crippen LogP contribution is 2.50. The van der Waals surface area contributed by atoms with E-state index in [9.17, 15) is 9.90 Å². The lowest BCUT2D eigenvalue weighted by Crippen LogP contribution is -2.26. The van der Waals surface area contributed by atoms with E-state index < -0.39 is 11.8 Å². The molecule has 0 bridgehead atoms. The Morgan fingerprint density at radius 3 is 2.52 bits per heavy atom. The summed E-state index contributed by atoms with van der Waals surface area (Å²) in [6.45, 7) is 4.70. The molecule has 0 spiro atoms. The summed E-state index contributed by atoms with van der Waals surface area (Å²) >= 11 is 0. The molecule has 2 saturated carbocycles. The van der Waals surface area contributed by atoms with Gasteiger partial charge in [-0.1, -0.05) is 57.0 Å². The average Bonchev–Trinajstić information content (AvgIpc) is 3.77. The minimum atomic E-state index is -0.923. The van der Waals surface area contributed by atoms with Gasteiger partial charge in [-0.25, -0.2) is 8.78 Å². The lowest BCUT2D eigenvalue weighted by molar-refractivity contribution is -0.137. The topological polar surface area (TPSA) is 55.8 Å². The lowest BCUT2D eigenvalue weighted by atomic mass is 9.65. The molecule has 0 amide bonds. The van der Waals surface area contributed by atoms with Crippen LogP contribution in [0, 0.1) is 23.0 Å². The van der Waals surface area contributed by atoms with E-state index in [4.69, 9.17) is 9.47 Å². The van der Waals surface area contributed by atoms with E-state index in [2.05, 4.69) is 19.9 Å². The Hall–Kier alpha value is -3.41. The maximum absolute atomic E-state index is 15.6. The molecule has 0 heterocycles. The van der Waals surface area contributed by atoms with Gasteiger partial charge in [-0.2, -0.15) is 0 Å². The van der Waals surface area contributed by atoms with E-state index in [0.29, 0.717) is 16.9 Å². The molecule has 0 radical (unpaired) electrons. The molecule has 40 heavy (non-hydrogen) atoms. The molecule has 5 rings (SSSR count). The van der Waals surface area contributed by atoms with Crippen LogP contribution in [-0.4, -0.2) is 18.2 Å². The molecule has 0 unspecified atom stereocenters. The molecule has 0 aliphatic heterocycles. The standard InChI is InChI=1S/C34H38F2O4/c1-34(2)16-5-4-8-29(34)27-17-21(10-14-24(27)28-18-23(39-3)13-15-30(28)35)20-40-31-9-6-7-25(33(31)36)26(19-32(37)38)22-11-12-22/h6-7,9-10,13-15,17-18,22,26,29H,4-5,8,11-12,16,19-20H2,1-3H3,(H,37,38)/t26-,29-/m0/s1. The number of hydrogen-bond acceptors (Lipinski definition) is 3. The Morgan fingerprint density at radius 2 is 1.82 bits per heavy atom. The lowest BCUT2D eigenvalue weighted by Gasteiger charge is -2.40. The van der Waals surface area contributed by atoms with Crippen LogP contribution in [0.3, 0.4) is 0 Å². The van der Waals surface area contributed by atoms with Crippen LogP contribution in [0.4, 0.5) is 8.78 Å². The number of aliphatic carboxylic acids is 1. The van der Waals surface area contributed by atoms with E-state index in [1.807, 2.05) is 12.1 Å². The number of methoxy groups -OCH3 is 1. The zero-order chi connectivity index (χ0) is 28.4. The molecule has 2 aliphatic carbocycles. The van der Waals surface area contributed by atoms with Gasteiger partial charge in [-0.05, 0) is 89.5 Å². The first-order chi connectivity index (χ1) is 19.2. The highest BCUT2D eigenvalue weighted by Gasteiger charge is 2.37. The second kappa shape index (κ2) is 11.6. The van der Waals surface area contributed by atoms with Crippen LogP contribution in [0.15, 0.2) is 54.6 Å². The van der Waals surface area contributed by atoms with Crippen molar-refractivity contribution in [1.82, 2.24) is 0 Å². The summed E-state index contributed by atoms with van der Waals surface area (Å²) in [6, 6.07) is 15.7. The number of rotatable bonds is 10. The van der Waals surface area contributed by atoms with Gasteiger partial charge in [0.05, 0.1) is 13.5 Å². The van der Waals surface area contributed by atoms with Crippen molar-refractivity contribution in [3.8, 4) is 22.6 Å². The molecule has 1 N–H and O–H groups in total. The maximum atomic E-state index is 15.6. The van der Waals surface area contributed by atoms with E-state index in [1.165, 1.54) is 12.5 Å². The van der Waals surface area contributed by atoms with Gasteiger partial charge >= 0.3 is 5.97 Å². The van der Waals surface area contributed by atoms with Gasteiger partial charge in [0.25, 0.3) is 0 Å². The number of benzene rings is 3. The minimum absolute atomic E-state index is 0.0459. The summed E-state index contributed by atoms with van der Waals surface area (Å²) in [5, 5.41) is 9.37. The summed E-state index contributed by atoms with van der Waals surface area (Å²) < 4.78 is 42.1. The number of hydrogen-bond donors (Lipinski definition) is 1. The third-order valence-electron chi connectivity index (χ3n) is 8.83. The van der Waals surface area contributed by atoms with E-state index in [0.717, 1.165) is 48.8 Å². The monoisotopic (exact) mass is 548 g/mol. The van der Waals surface area contributed by atoms with Crippen molar-refractivity contribution in [3.63, 3.8) is 0 Å². The van der Waals surface area contributed by atoms with E-state index >= 15 is 8.78 Å². The fraction of sp³-hybridized carbons (Fsp3) is 0.441. The van der Waals surface area contributed by atoms with E-state index in [-0.39, 0.29) is 47.8 Å². The first kappa shape index (κ1) is 28.1. The van der Waals surface area contributed by atoms with E-state index in [1.54, 1.807) is 37.4 Å². The Bertz CT molecular complexity index is 1380. The van der Waals surface area contributed by atoms with Crippen LogP contribution in [0.25, 0.3) is 11.1 Å². The van der Waals surface area contributed by atoms with Crippen molar-refractivity contribution in [3.05, 3.63) is 82.9 Å². The van der Waals surface area contributed by atoms with Crippen molar-refractivity contribution in [2.75, 3.05) is 7.11 Å².